The molecule has 0 spiro atoms. The first-order chi connectivity index (χ1) is 8.58. The molecular formula is C12H13N3O2S. The second-order valence-electron chi connectivity index (χ2n) is 3.34. The fourth-order valence-corrected chi connectivity index (χ4v) is 1.60. The molecule has 0 radical (unpaired) electrons. The number of hydrogen-bond acceptors (Lipinski definition) is 5. The molecule has 0 aromatic heterocycles. The lowest BCUT2D eigenvalue weighted by atomic mass is 10.2. The Hall–Kier alpha value is -1.95. The second-order valence-corrected chi connectivity index (χ2v) is 4.50. The molecule has 0 heterocycles. The molecule has 0 saturated heterocycles. The minimum absolute atomic E-state index is 0.169. The molecule has 1 N–H and O–H groups in total. The van der Waals surface area contributed by atoms with Crippen LogP contribution in [0.1, 0.15) is 19.4 Å². The van der Waals surface area contributed by atoms with Gasteiger partial charge in [-0.2, -0.15) is 5.10 Å². The molecular weight excluding hydrogens is 250 g/mol. The van der Waals surface area contributed by atoms with Crippen molar-refractivity contribution in [2.45, 2.75) is 13.8 Å². The van der Waals surface area contributed by atoms with E-state index in [0.29, 0.717) is 0 Å². The zero-order chi connectivity index (χ0) is 13.4. The van der Waals surface area contributed by atoms with Crippen molar-refractivity contribution in [1.29, 1.82) is 0 Å². The van der Waals surface area contributed by atoms with Gasteiger partial charge in [-0.1, -0.05) is 30.3 Å². The fraction of sp³-hybridized carbons (Fsp3) is 0.167. The van der Waals surface area contributed by atoms with E-state index in [1.165, 1.54) is 13.8 Å². The molecule has 18 heavy (non-hydrogen) atoms. The molecule has 0 aliphatic heterocycles. The summed E-state index contributed by atoms with van der Waals surface area (Å²) in [5.41, 5.74) is 0.885. The van der Waals surface area contributed by atoms with E-state index in [1.54, 1.807) is 6.21 Å². The first kappa shape index (κ1) is 14.1. The van der Waals surface area contributed by atoms with Crippen LogP contribution in [0.25, 0.3) is 0 Å². The summed E-state index contributed by atoms with van der Waals surface area (Å²) >= 11 is 0.828. The van der Waals surface area contributed by atoms with Crippen LogP contribution in [0.5, 0.6) is 0 Å². The summed E-state index contributed by atoms with van der Waals surface area (Å²) in [5.74, 6) is -0.294. The van der Waals surface area contributed by atoms with Gasteiger partial charge >= 0.3 is 0 Å². The van der Waals surface area contributed by atoms with Gasteiger partial charge in [-0.05, 0) is 17.3 Å². The van der Waals surface area contributed by atoms with Gasteiger partial charge in [-0.15, -0.1) is 5.10 Å². The van der Waals surface area contributed by atoms with Gasteiger partial charge in [0.15, 0.2) is 10.3 Å². The maximum absolute atomic E-state index is 10.9. The highest BCUT2D eigenvalue weighted by Crippen LogP contribution is 2.03. The monoisotopic (exact) mass is 263 g/mol. The molecule has 0 atom stereocenters. The molecule has 94 valence electrons. The van der Waals surface area contributed by atoms with Crippen LogP contribution in [0.2, 0.25) is 0 Å². The second kappa shape index (κ2) is 7.39. The first-order valence-corrected chi connectivity index (χ1v) is 6.01. The van der Waals surface area contributed by atoms with E-state index in [0.717, 1.165) is 17.3 Å². The van der Waals surface area contributed by atoms with Gasteiger partial charge in [-0.25, -0.2) is 0 Å². The van der Waals surface area contributed by atoms with E-state index in [-0.39, 0.29) is 16.2 Å². The van der Waals surface area contributed by atoms with Gasteiger partial charge in [-0.3, -0.25) is 9.59 Å². The van der Waals surface area contributed by atoms with Crippen molar-refractivity contribution in [3.05, 3.63) is 35.9 Å². The lowest BCUT2D eigenvalue weighted by Gasteiger charge is -2.00. The van der Waals surface area contributed by atoms with Crippen molar-refractivity contribution in [3.8, 4) is 0 Å². The molecule has 0 bridgehead atoms. The summed E-state index contributed by atoms with van der Waals surface area (Å²) in [7, 11) is 0. The van der Waals surface area contributed by atoms with E-state index in [4.69, 9.17) is 0 Å². The fourth-order valence-electron chi connectivity index (χ4n) is 1.04. The Kier molecular flexibility index (Phi) is 5.79. The molecule has 1 amide bonds. The van der Waals surface area contributed by atoms with Crippen LogP contribution in [0, 0.1) is 0 Å². The highest BCUT2D eigenvalue weighted by atomic mass is 32.2. The van der Waals surface area contributed by atoms with Crippen molar-refractivity contribution in [1.82, 2.24) is 5.32 Å². The molecule has 0 fully saturated rings. The highest BCUT2D eigenvalue weighted by molar-refractivity contribution is 8.26. The van der Waals surface area contributed by atoms with Crippen LogP contribution in [-0.4, -0.2) is 22.4 Å². The van der Waals surface area contributed by atoms with Gasteiger partial charge in [0.05, 0.1) is 6.21 Å². The minimum atomic E-state index is -0.294. The topological polar surface area (TPSA) is 70.9 Å². The van der Waals surface area contributed by atoms with Gasteiger partial charge in [0, 0.05) is 13.8 Å². The Morgan fingerprint density at radius 2 is 1.89 bits per heavy atom. The largest absolute Gasteiger partial charge is 0.304 e. The number of rotatable bonds is 2. The molecule has 0 aliphatic carbocycles. The number of carbonyl (C=O) groups is 2. The zero-order valence-electron chi connectivity index (χ0n) is 10.1. The van der Waals surface area contributed by atoms with Crippen LogP contribution in [0.4, 0.5) is 0 Å². The molecule has 1 aromatic rings. The van der Waals surface area contributed by atoms with Crippen molar-refractivity contribution >= 4 is 34.2 Å². The number of nitrogens with zero attached hydrogens (tertiary/aromatic N) is 2. The number of hydrogen-bond donors (Lipinski definition) is 1. The van der Waals surface area contributed by atoms with Crippen molar-refractivity contribution in [2.24, 2.45) is 10.2 Å². The highest BCUT2D eigenvalue weighted by Gasteiger charge is 2.05. The standard InChI is InChI=1S/C12H13N3O2S/c1-9(16)14-12(18-10(2)17)15-13-8-11-6-4-3-5-7-11/h3-8H,1-2H3,(H,14,15,16)/b13-8+. The summed E-state index contributed by atoms with van der Waals surface area (Å²) in [6, 6.07) is 9.40. The molecule has 1 rings (SSSR count). The van der Waals surface area contributed by atoms with Gasteiger partial charge in [0.25, 0.3) is 0 Å². The molecule has 0 unspecified atom stereocenters. The van der Waals surface area contributed by atoms with Crippen LogP contribution in [0.3, 0.4) is 0 Å². The SMILES string of the molecule is CC(=O)N/C(=N/N=C/c1ccccc1)SC(C)=O. The number of amides is 1. The number of carbonyl (C=O) groups excluding carboxylic acids is 2. The number of benzene rings is 1. The van der Waals surface area contributed by atoms with Crippen molar-refractivity contribution < 1.29 is 9.59 Å². The van der Waals surface area contributed by atoms with E-state index in [2.05, 4.69) is 15.5 Å². The Labute approximate surface area is 109 Å². The normalized spacial score (nSPS) is 11.6. The Bertz CT molecular complexity index is 465. The van der Waals surface area contributed by atoms with Gasteiger partial charge < -0.3 is 5.32 Å². The van der Waals surface area contributed by atoms with Gasteiger partial charge in [0.2, 0.25) is 5.91 Å². The smallest absolute Gasteiger partial charge is 0.222 e. The Morgan fingerprint density at radius 1 is 1.22 bits per heavy atom. The third kappa shape index (κ3) is 5.95. The Balaban J connectivity index is 2.73. The first-order valence-electron chi connectivity index (χ1n) is 5.20. The molecule has 5 nitrogen and oxygen atoms in total. The summed E-state index contributed by atoms with van der Waals surface area (Å²) in [6.07, 6.45) is 1.54. The predicted molar refractivity (Wildman–Crippen MR) is 73.6 cm³/mol. The zero-order valence-corrected chi connectivity index (χ0v) is 10.9. The average molecular weight is 263 g/mol. The molecule has 1 aromatic carbocycles. The van der Waals surface area contributed by atoms with Crippen LogP contribution in [0.15, 0.2) is 40.5 Å². The molecule has 6 heteroatoms. The van der Waals surface area contributed by atoms with Crippen LogP contribution in [-0.2, 0) is 9.59 Å². The Morgan fingerprint density at radius 3 is 2.44 bits per heavy atom. The maximum Gasteiger partial charge on any atom is 0.222 e. The quantitative estimate of drug-likeness (QED) is 0.502. The summed E-state index contributed by atoms with van der Waals surface area (Å²) in [5, 5.41) is 10.1. The van der Waals surface area contributed by atoms with E-state index in [9.17, 15) is 9.59 Å². The third-order valence-electron chi connectivity index (χ3n) is 1.68. The molecule has 0 aliphatic rings. The summed E-state index contributed by atoms with van der Waals surface area (Å²) in [4.78, 5) is 21.8. The lowest BCUT2D eigenvalue weighted by Crippen LogP contribution is -2.26. The van der Waals surface area contributed by atoms with E-state index < -0.39 is 0 Å². The van der Waals surface area contributed by atoms with E-state index >= 15 is 0 Å². The number of nitrogens with one attached hydrogen (secondary N) is 1. The molecule has 0 saturated carbocycles. The number of amidine groups is 1. The third-order valence-corrected chi connectivity index (χ3v) is 2.34. The van der Waals surface area contributed by atoms with Crippen molar-refractivity contribution in [2.75, 3.05) is 0 Å². The van der Waals surface area contributed by atoms with Crippen molar-refractivity contribution in [3.63, 3.8) is 0 Å². The van der Waals surface area contributed by atoms with Gasteiger partial charge in [0.1, 0.15) is 0 Å². The number of thioether (sulfide) groups is 1. The minimum Gasteiger partial charge on any atom is -0.304 e. The van der Waals surface area contributed by atoms with E-state index in [1.807, 2.05) is 30.3 Å². The lowest BCUT2D eigenvalue weighted by molar-refractivity contribution is -0.117. The summed E-state index contributed by atoms with van der Waals surface area (Å²) < 4.78 is 0. The average Bonchev–Trinajstić information content (AvgIpc) is 2.28. The maximum atomic E-state index is 10.9. The van der Waals surface area contributed by atoms with Crippen LogP contribution < -0.4 is 5.32 Å². The predicted octanol–water partition coefficient (Wildman–Crippen LogP) is 1.79. The summed E-state index contributed by atoms with van der Waals surface area (Å²) in [6.45, 7) is 2.74. The van der Waals surface area contributed by atoms with Crippen LogP contribution >= 0.6 is 11.8 Å².